The number of methoxy groups -OCH3 is 2. The number of carboxylic acid groups (broad SMARTS) is 1. The lowest BCUT2D eigenvalue weighted by Gasteiger charge is -2.16. The van der Waals surface area contributed by atoms with Gasteiger partial charge in [-0.2, -0.15) is 0 Å². The molecular weight excluding hydrogens is 441 g/mol. The van der Waals surface area contributed by atoms with Gasteiger partial charge in [0.15, 0.2) is 11.5 Å². The molecule has 162 valence electrons. The molecule has 0 amide bonds. The smallest absolute Gasteiger partial charge is 0.335 e. The summed E-state index contributed by atoms with van der Waals surface area (Å²) in [5, 5.41) is 13.5. The Bertz CT molecular complexity index is 1090. The highest BCUT2D eigenvalue weighted by atomic mass is 35.5. The molecule has 0 aliphatic rings. The molecule has 3 aromatic rings. The van der Waals surface area contributed by atoms with Gasteiger partial charge in [0.25, 0.3) is 0 Å². The van der Waals surface area contributed by atoms with Crippen LogP contribution in [0.15, 0.2) is 54.6 Å². The fraction of sp³-hybridized carbons (Fsp3) is 0.174. The molecule has 31 heavy (non-hydrogen) atoms. The van der Waals surface area contributed by atoms with Gasteiger partial charge in [-0.3, -0.25) is 0 Å². The molecule has 0 aromatic heterocycles. The minimum Gasteiger partial charge on any atom is -0.495 e. The molecule has 0 aliphatic heterocycles. The van der Waals surface area contributed by atoms with Gasteiger partial charge in [-0.1, -0.05) is 35.3 Å². The van der Waals surface area contributed by atoms with Crippen molar-refractivity contribution in [1.29, 1.82) is 0 Å². The van der Waals surface area contributed by atoms with E-state index in [1.807, 2.05) is 18.2 Å². The highest BCUT2D eigenvalue weighted by Gasteiger charge is 2.13. The Hall–Kier alpha value is -3.09. The molecule has 2 N–H and O–H groups in total. The van der Waals surface area contributed by atoms with Crippen molar-refractivity contribution in [2.75, 3.05) is 19.5 Å². The highest BCUT2D eigenvalue weighted by Crippen LogP contribution is 2.35. The van der Waals surface area contributed by atoms with Gasteiger partial charge in [0.2, 0.25) is 0 Å². The lowest BCUT2D eigenvalue weighted by Crippen LogP contribution is -2.05. The molecule has 0 fully saturated rings. The number of carboxylic acids is 1. The number of halogens is 2. The van der Waals surface area contributed by atoms with Gasteiger partial charge in [-0.05, 0) is 47.5 Å². The highest BCUT2D eigenvalue weighted by molar-refractivity contribution is 6.31. The van der Waals surface area contributed by atoms with Crippen LogP contribution in [0.4, 0.5) is 5.69 Å². The van der Waals surface area contributed by atoms with Gasteiger partial charge in [0, 0.05) is 22.7 Å². The van der Waals surface area contributed by atoms with E-state index in [1.54, 1.807) is 31.4 Å². The summed E-state index contributed by atoms with van der Waals surface area (Å²) in [5.74, 6) is 0.525. The van der Waals surface area contributed by atoms with Crippen LogP contribution >= 0.6 is 23.2 Å². The van der Waals surface area contributed by atoms with Gasteiger partial charge in [-0.25, -0.2) is 4.79 Å². The van der Waals surface area contributed by atoms with E-state index in [1.165, 1.54) is 19.2 Å². The molecule has 3 rings (SSSR count). The van der Waals surface area contributed by atoms with Crippen LogP contribution in [-0.2, 0) is 13.2 Å². The number of hydrogen-bond donors (Lipinski definition) is 2. The Morgan fingerprint density at radius 2 is 1.74 bits per heavy atom. The first-order valence-electron chi connectivity index (χ1n) is 9.30. The molecule has 0 spiro atoms. The van der Waals surface area contributed by atoms with Gasteiger partial charge in [0.1, 0.15) is 12.4 Å². The predicted octanol–water partition coefficient (Wildman–Crippen LogP) is 5.90. The Balaban J connectivity index is 1.77. The van der Waals surface area contributed by atoms with E-state index in [0.29, 0.717) is 46.1 Å². The van der Waals surface area contributed by atoms with Gasteiger partial charge in [0.05, 0.1) is 25.5 Å². The number of ether oxygens (including phenoxy) is 3. The number of benzene rings is 3. The molecular formula is C23H21Cl2NO5. The average molecular weight is 462 g/mol. The number of carbonyl (C=O) groups is 1. The molecule has 0 atom stereocenters. The Kier molecular flexibility index (Phi) is 7.50. The van der Waals surface area contributed by atoms with Crippen molar-refractivity contribution in [3.05, 3.63) is 81.3 Å². The van der Waals surface area contributed by atoms with Crippen LogP contribution in [-0.4, -0.2) is 25.3 Å². The van der Waals surface area contributed by atoms with Crippen LogP contribution in [0.2, 0.25) is 10.0 Å². The van der Waals surface area contributed by atoms with Crippen LogP contribution in [0, 0.1) is 0 Å². The minimum absolute atomic E-state index is 0.150. The maximum absolute atomic E-state index is 11.3. The monoisotopic (exact) mass is 461 g/mol. The summed E-state index contributed by atoms with van der Waals surface area (Å²) in [6.07, 6.45) is 0. The fourth-order valence-corrected chi connectivity index (χ4v) is 3.38. The van der Waals surface area contributed by atoms with Crippen molar-refractivity contribution >= 4 is 34.9 Å². The fourth-order valence-electron chi connectivity index (χ4n) is 2.94. The van der Waals surface area contributed by atoms with E-state index in [4.69, 9.17) is 37.4 Å². The maximum atomic E-state index is 11.3. The van der Waals surface area contributed by atoms with Crippen molar-refractivity contribution in [3.8, 4) is 17.2 Å². The summed E-state index contributed by atoms with van der Waals surface area (Å²) < 4.78 is 16.6. The number of hydrogen-bond acceptors (Lipinski definition) is 5. The molecule has 0 heterocycles. The van der Waals surface area contributed by atoms with Crippen molar-refractivity contribution in [1.82, 2.24) is 0 Å². The van der Waals surface area contributed by atoms with Crippen molar-refractivity contribution in [3.63, 3.8) is 0 Å². The standard InChI is InChI=1S/C23H21Cl2NO5/c1-29-20-7-6-15(23(27)28)9-19(20)26-12-16-10-21(30-2)22(11-18(16)25)31-13-14-4-3-5-17(24)8-14/h3-11,26H,12-13H2,1-2H3,(H,27,28). The zero-order valence-electron chi connectivity index (χ0n) is 16.9. The van der Waals surface area contributed by atoms with Gasteiger partial charge >= 0.3 is 5.97 Å². The largest absolute Gasteiger partial charge is 0.495 e. The Labute approximate surface area is 190 Å². The molecule has 0 saturated heterocycles. The van der Waals surface area contributed by atoms with E-state index in [0.717, 1.165) is 11.1 Å². The molecule has 0 saturated carbocycles. The second-order valence-corrected chi connectivity index (χ2v) is 7.43. The second-order valence-electron chi connectivity index (χ2n) is 6.59. The van der Waals surface area contributed by atoms with Crippen LogP contribution < -0.4 is 19.5 Å². The third kappa shape index (κ3) is 5.75. The lowest BCUT2D eigenvalue weighted by atomic mass is 10.1. The Morgan fingerprint density at radius 3 is 2.42 bits per heavy atom. The zero-order valence-corrected chi connectivity index (χ0v) is 18.5. The van der Waals surface area contributed by atoms with Crippen molar-refractivity contribution in [2.45, 2.75) is 13.2 Å². The van der Waals surface area contributed by atoms with Crippen molar-refractivity contribution in [2.24, 2.45) is 0 Å². The molecule has 0 unspecified atom stereocenters. The quantitative estimate of drug-likeness (QED) is 0.412. The van der Waals surface area contributed by atoms with Crippen LogP contribution in [0.5, 0.6) is 17.2 Å². The molecule has 8 heteroatoms. The summed E-state index contributed by atoms with van der Waals surface area (Å²) in [4.78, 5) is 11.3. The van der Waals surface area contributed by atoms with E-state index >= 15 is 0 Å². The van der Waals surface area contributed by atoms with Crippen LogP contribution in [0.1, 0.15) is 21.5 Å². The normalized spacial score (nSPS) is 10.5. The molecule has 0 bridgehead atoms. The first-order valence-corrected chi connectivity index (χ1v) is 10.1. The third-order valence-corrected chi connectivity index (χ3v) is 5.12. The first-order chi connectivity index (χ1) is 14.9. The summed E-state index contributed by atoms with van der Waals surface area (Å²) in [6.45, 7) is 0.632. The van der Waals surface area contributed by atoms with E-state index in [9.17, 15) is 9.90 Å². The topological polar surface area (TPSA) is 77.0 Å². The molecule has 0 aliphatic carbocycles. The second kappa shape index (κ2) is 10.3. The first kappa shape index (κ1) is 22.6. The van der Waals surface area contributed by atoms with E-state index < -0.39 is 5.97 Å². The summed E-state index contributed by atoms with van der Waals surface area (Å²) in [7, 11) is 3.06. The van der Waals surface area contributed by atoms with E-state index in [2.05, 4.69) is 5.32 Å². The number of anilines is 1. The maximum Gasteiger partial charge on any atom is 0.335 e. The zero-order chi connectivity index (χ0) is 22.4. The van der Waals surface area contributed by atoms with Gasteiger partial charge in [-0.15, -0.1) is 0 Å². The third-order valence-electron chi connectivity index (χ3n) is 4.53. The van der Waals surface area contributed by atoms with Gasteiger partial charge < -0.3 is 24.6 Å². The van der Waals surface area contributed by atoms with Crippen molar-refractivity contribution < 1.29 is 24.1 Å². The summed E-state index contributed by atoms with van der Waals surface area (Å²) >= 11 is 12.5. The average Bonchev–Trinajstić information content (AvgIpc) is 2.76. The molecule has 6 nitrogen and oxygen atoms in total. The number of nitrogens with one attached hydrogen (secondary N) is 1. The SMILES string of the molecule is COc1ccc(C(=O)O)cc1NCc1cc(OC)c(OCc2cccc(Cl)c2)cc1Cl. The van der Waals surface area contributed by atoms with Crippen LogP contribution in [0.25, 0.3) is 0 Å². The summed E-state index contributed by atoms with van der Waals surface area (Å²) in [5.41, 5.74) is 2.36. The molecule has 0 radical (unpaired) electrons. The summed E-state index contributed by atoms with van der Waals surface area (Å²) in [6, 6.07) is 15.4. The molecule has 3 aromatic carbocycles. The Morgan fingerprint density at radius 1 is 0.968 bits per heavy atom. The number of aromatic carboxylic acids is 1. The predicted molar refractivity (Wildman–Crippen MR) is 121 cm³/mol. The number of rotatable bonds is 9. The van der Waals surface area contributed by atoms with E-state index in [-0.39, 0.29) is 5.56 Å². The lowest BCUT2D eigenvalue weighted by molar-refractivity contribution is 0.0697. The minimum atomic E-state index is -1.02. The van der Waals surface area contributed by atoms with Crippen LogP contribution in [0.3, 0.4) is 0 Å².